The van der Waals surface area contributed by atoms with Crippen LogP contribution in [0.2, 0.25) is 0 Å². The summed E-state index contributed by atoms with van der Waals surface area (Å²) in [5.41, 5.74) is 4.73. The van der Waals surface area contributed by atoms with Crippen LogP contribution in [-0.4, -0.2) is 17.6 Å². The molecular weight excluding hydrogens is 166 g/mol. The largest absolute Gasteiger partial charge is 0.481 e. The second kappa shape index (κ2) is 5.97. The van der Waals surface area contributed by atoms with Crippen LogP contribution in [0.25, 0.3) is 0 Å². The van der Waals surface area contributed by atoms with Crippen molar-refractivity contribution in [3.63, 3.8) is 0 Å². The van der Waals surface area contributed by atoms with E-state index in [1.165, 1.54) is 12.8 Å². The van der Waals surface area contributed by atoms with E-state index in [0.717, 1.165) is 12.8 Å². The van der Waals surface area contributed by atoms with Crippen molar-refractivity contribution in [2.24, 2.45) is 11.1 Å². The van der Waals surface area contributed by atoms with Gasteiger partial charge < -0.3 is 10.8 Å². The van der Waals surface area contributed by atoms with Gasteiger partial charge in [-0.25, -0.2) is 0 Å². The highest BCUT2D eigenvalue weighted by Gasteiger charge is 2.30. The number of hydrogen-bond acceptors (Lipinski definition) is 2. The van der Waals surface area contributed by atoms with Crippen molar-refractivity contribution in [2.45, 2.75) is 46.0 Å². The molecule has 0 amide bonds. The van der Waals surface area contributed by atoms with Crippen molar-refractivity contribution in [2.75, 3.05) is 6.54 Å². The molecule has 0 saturated carbocycles. The maximum Gasteiger partial charge on any atom is 0.310 e. The summed E-state index contributed by atoms with van der Waals surface area (Å²) >= 11 is 0. The second-order valence-corrected chi connectivity index (χ2v) is 3.88. The molecule has 3 nitrogen and oxygen atoms in total. The van der Waals surface area contributed by atoms with Gasteiger partial charge in [0.2, 0.25) is 0 Å². The summed E-state index contributed by atoms with van der Waals surface area (Å²) in [7, 11) is 0. The number of nitrogens with two attached hydrogens (primary N) is 1. The predicted molar refractivity (Wildman–Crippen MR) is 53.6 cm³/mol. The number of carboxylic acid groups (broad SMARTS) is 1. The van der Waals surface area contributed by atoms with E-state index in [2.05, 4.69) is 6.92 Å². The minimum atomic E-state index is -0.772. The third-order valence-corrected chi connectivity index (χ3v) is 2.55. The third kappa shape index (κ3) is 4.27. The molecule has 1 atom stereocenters. The van der Waals surface area contributed by atoms with Gasteiger partial charge in [0.1, 0.15) is 0 Å². The molecule has 0 aromatic carbocycles. The molecule has 78 valence electrons. The molecule has 0 aromatic rings. The van der Waals surface area contributed by atoms with Gasteiger partial charge in [0, 0.05) is 6.54 Å². The fourth-order valence-corrected chi connectivity index (χ4v) is 1.24. The first-order valence-corrected chi connectivity index (χ1v) is 5.00. The Hall–Kier alpha value is -0.570. The summed E-state index contributed by atoms with van der Waals surface area (Å²) in [6, 6.07) is 0. The van der Waals surface area contributed by atoms with Crippen molar-refractivity contribution in [3.05, 3.63) is 0 Å². The zero-order valence-corrected chi connectivity index (χ0v) is 8.68. The second-order valence-electron chi connectivity index (χ2n) is 3.88. The Morgan fingerprint density at radius 3 is 2.38 bits per heavy atom. The number of carbonyl (C=O) groups is 1. The van der Waals surface area contributed by atoms with Crippen molar-refractivity contribution >= 4 is 5.97 Å². The first-order valence-electron chi connectivity index (χ1n) is 5.00. The van der Waals surface area contributed by atoms with E-state index in [-0.39, 0.29) is 6.54 Å². The van der Waals surface area contributed by atoms with Crippen LogP contribution < -0.4 is 5.73 Å². The van der Waals surface area contributed by atoms with Gasteiger partial charge in [0.15, 0.2) is 0 Å². The Labute approximate surface area is 80.3 Å². The molecule has 0 heterocycles. The number of aliphatic carboxylic acids is 1. The Kier molecular flexibility index (Phi) is 5.71. The van der Waals surface area contributed by atoms with Gasteiger partial charge in [-0.05, 0) is 13.3 Å². The van der Waals surface area contributed by atoms with E-state index in [0.29, 0.717) is 6.42 Å². The van der Waals surface area contributed by atoms with Crippen LogP contribution >= 0.6 is 0 Å². The lowest BCUT2D eigenvalue weighted by Crippen LogP contribution is -2.35. The standard InChI is InChI=1S/C10H21NO2/c1-3-4-5-6-7-10(2,8-11)9(12)13/h3-8,11H2,1-2H3,(H,12,13). The first kappa shape index (κ1) is 12.4. The van der Waals surface area contributed by atoms with Crippen LogP contribution in [0.15, 0.2) is 0 Å². The van der Waals surface area contributed by atoms with Crippen LogP contribution in [-0.2, 0) is 4.79 Å². The molecule has 3 N–H and O–H groups in total. The van der Waals surface area contributed by atoms with Crippen LogP contribution in [0.1, 0.15) is 46.0 Å². The van der Waals surface area contributed by atoms with Gasteiger partial charge in [-0.2, -0.15) is 0 Å². The first-order chi connectivity index (χ1) is 6.06. The minimum Gasteiger partial charge on any atom is -0.481 e. The molecule has 0 fully saturated rings. The third-order valence-electron chi connectivity index (χ3n) is 2.55. The lowest BCUT2D eigenvalue weighted by atomic mass is 9.85. The summed E-state index contributed by atoms with van der Waals surface area (Å²) in [6.45, 7) is 4.09. The van der Waals surface area contributed by atoms with Gasteiger partial charge >= 0.3 is 5.97 Å². The average molecular weight is 187 g/mol. The Morgan fingerprint density at radius 2 is 2.00 bits per heavy atom. The zero-order chi connectivity index (χ0) is 10.3. The topological polar surface area (TPSA) is 63.3 Å². The van der Waals surface area contributed by atoms with Crippen LogP contribution in [0.5, 0.6) is 0 Å². The van der Waals surface area contributed by atoms with Crippen molar-refractivity contribution < 1.29 is 9.90 Å². The maximum absolute atomic E-state index is 10.8. The highest BCUT2D eigenvalue weighted by atomic mass is 16.4. The minimum absolute atomic E-state index is 0.231. The van der Waals surface area contributed by atoms with Crippen LogP contribution in [0, 0.1) is 5.41 Å². The quantitative estimate of drug-likeness (QED) is 0.599. The molecule has 1 unspecified atom stereocenters. The monoisotopic (exact) mass is 187 g/mol. The summed E-state index contributed by atoms with van der Waals surface area (Å²) in [6.07, 6.45) is 5.12. The van der Waals surface area contributed by atoms with E-state index < -0.39 is 11.4 Å². The molecule has 13 heavy (non-hydrogen) atoms. The van der Waals surface area contributed by atoms with Gasteiger partial charge in [-0.1, -0.05) is 32.6 Å². The van der Waals surface area contributed by atoms with Gasteiger partial charge in [-0.3, -0.25) is 4.79 Å². The normalized spacial score (nSPS) is 15.3. The van der Waals surface area contributed by atoms with Crippen molar-refractivity contribution in [1.82, 2.24) is 0 Å². The summed E-state index contributed by atoms with van der Waals surface area (Å²) < 4.78 is 0. The van der Waals surface area contributed by atoms with Crippen LogP contribution in [0.4, 0.5) is 0 Å². The lowest BCUT2D eigenvalue weighted by Gasteiger charge is -2.22. The molecule has 0 radical (unpaired) electrons. The van der Waals surface area contributed by atoms with Crippen LogP contribution in [0.3, 0.4) is 0 Å². The molecule has 0 spiro atoms. The number of carboxylic acids is 1. The number of rotatable bonds is 7. The molecule has 0 rings (SSSR count). The summed E-state index contributed by atoms with van der Waals surface area (Å²) in [5, 5.41) is 8.91. The van der Waals surface area contributed by atoms with E-state index >= 15 is 0 Å². The van der Waals surface area contributed by atoms with E-state index in [9.17, 15) is 4.79 Å². The van der Waals surface area contributed by atoms with E-state index in [1.54, 1.807) is 6.92 Å². The average Bonchev–Trinajstić information content (AvgIpc) is 2.12. The van der Waals surface area contributed by atoms with Gasteiger partial charge in [0.25, 0.3) is 0 Å². The smallest absolute Gasteiger partial charge is 0.310 e. The van der Waals surface area contributed by atoms with Crippen molar-refractivity contribution in [3.8, 4) is 0 Å². The number of hydrogen-bond donors (Lipinski definition) is 2. The number of unbranched alkanes of at least 4 members (excludes halogenated alkanes) is 3. The maximum atomic E-state index is 10.8. The van der Waals surface area contributed by atoms with Gasteiger partial charge in [0.05, 0.1) is 5.41 Å². The van der Waals surface area contributed by atoms with Crippen molar-refractivity contribution in [1.29, 1.82) is 0 Å². The molecule has 0 aliphatic rings. The van der Waals surface area contributed by atoms with E-state index in [4.69, 9.17) is 10.8 Å². The highest BCUT2D eigenvalue weighted by molar-refractivity contribution is 5.74. The zero-order valence-electron chi connectivity index (χ0n) is 8.68. The molecule has 0 aliphatic heterocycles. The van der Waals surface area contributed by atoms with Gasteiger partial charge in [-0.15, -0.1) is 0 Å². The summed E-state index contributed by atoms with van der Waals surface area (Å²) in [5.74, 6) is -0.772. The lowest BCUT2D eigenvalue weighted by molar-refractivity contribution is -0.147. The van der Waals surface area contributed by atoms with E-state index in [1.807, 2.05) is 0 Å². The molecule has 0 bridgehead atoms. The fraction of sp³-hybridized carbons (Fsp3) is 0.900. The Balaban J connectivity index is 3.78. The predicted octanol–water partition coefficient (Wildman–Crippen LogP) is 2.01. The Morgan fingerprint density at radius 1 is 1.38 bits per heavy atom. The molecule has 0 aromatic heterocycles. The fourth-order valence-electron chi connectivity index (χ4n) is 1.24. The Bertz CT molecular complexity index is 159. The molecule has 0 aliphatic carbocycles. The molecule has 0 saturated heterocycles. The molecular formula is C10H21NO2. The summed E-state index contributed by atoms with van der Waals surface area (Å²) in [4.78, 5) is 10.8. The highest BCUT2D eigenvalue weighted by Crippen LogP contribution is 2.23. The SMILES string of the molecule is CCCCCCC(C)(CN)C(=O)O. The molecule has 3 heteroatoms.